The summed E-state index contributed by atoms with van der Waals surface area (Å²) in [6, 6.07) is -2.75. The van der Waals surface area contributed by atoms with Crippen molar-refractivity contribution in [3.63, 3.8) is 0 Å². The molecule has 0 aromatic rings. The van der Waals surface area contributed by atoms with Crippen LogP contribution in [0.4, 0.5) is 0 Å². The second-order valence-corrected chi connectivity index (χ2v) is 10.4. The van der Waals surface area contributed by atoms with Crippen molar-refractivity contribution in [2.45, 2.75) is 147 Å². The standard InChI is InChI=1S/C29H50N2O9/c1-2-22(32)19-20-23(28(38)31-24(29(39)40)21-27(36)37)30-25(33)17-15-13-11-9-7-5-3-4-6-8-10-12-14-16-18-26(34)35/h23-24H,2-21H2,1H3,(H,30,33)(H,31,38)(H,34,35)(H,36,37)(H,39,40). The van der Waals surface area contributed by atoms with Crippen molar-refractivity contribution in [3.05, 3.63) is 0 Å². The van der Waals surface area contributed by atoms with E-state index < -0.39 is 42.3 Å². The van der Waals surface area contributed by atoms with E-state index in [2.05, 4.69) is 10.6 Å². The van der Waals surface area contributed by atoms with Crippen LogP contribution in [-0.4, -0.2) is 62.9 Å². The van der Waals surface area contributed by atoms with Gasteiger partial charge in [-0.2, -0.15) is 0 Å². The highest BCUT2D eigenvalue weighted by molar-refractivity contribution is 5.92. The van der Waals surface area contributed by atoms with Crippen LogP contribution in [0.15, 0.2) is 0 Å². The molecule has 11 heteroatoms. The first kappa shape index (κ1) is 37.0. The predicted molar refractivity (Wildman–Crippen MR) is 150 cm³/mol. The molecule has 0 aromatic carbocycles. The molecule has 0 bridgehead atoms. The van der Waals surface area contributed by atoms with Gasteiger partial charge in [-0.05, 0) is 19.3 Å². The highest BCUT2D eigenvalue weighted by Crippen LogP contribution is 2.14. The Morgan fingerprint density at radius 2 is 1.00 bits per heavy atom. The maximum Gasteiger partial charge on any atom is 0.326 e. The lowest BCUT2D eigenvalue weighted by Crippen LogP contribution is -2.52. The van der Waals surface area contributed by atoms with Gasteiger partial charge in [0.1, 0.15) is 17.9 Å². The first-order valence-electron chi connectivity index (χ1n) is 14.8. The van der Waals surface area contributed by atoms with E-state index in [1.807, 2.05) is 0 Å². The van der Waals surface area contributed by atoms with Crippen LogP contribution < -0.4 is 10.6 Å². The Bertz CT molecular complexity index is 785. The average Bonchev–Trinajstić information content (AvgIpc) is 2.89. The summed E-state index contributed by atoms with van der Waals surface area (Å²) in [5.74, 6) is -4.88. The van der Waals surface area contributed by atoms with E-state index in [4.69, 9.17) is 10.2 Å². The molecule has 0 aromatic heterocycles. The highest BCUT2D eigenvalue weighted by Gasteiger charge is 2.28. The zero-order valence-electron chi connectivity index (χ0n) is 24.1. The third kappa shape index (κ3) is 21.9. The lowest BCUT2D eigenvalue weighted by Gasteiger charge is -2.20. The fraction of sp³-hybridized carbons (Fsp3) is 0.793. The molecule has 0 fully saturated rings. The van der Waals surface area contributed by atoms with Gasteiger partial charge in [-0.1, -0.05) is 84.0 Å². The number of carboxylic acid groups (broad SMARTS) is 3. The smallest absolute Gasteiger partial charge is 0.326 e. The van der Waals surface area contributed by atoms with Crippen molar-refractivity contribution in [1.29, 1.82) is 0 Å². The Kier molecular flexibility index (Phi) is 22.1. The molecule has 5 N–H and O–H groups in total. The van der Waals surface area contributed by atoms with E-state index in [9.17, 15) is 33.9 Å². The molecule has 2 unspecified atom stereocenters. The van der Waals surface area contributed by atoms with Crippen molar-refractivity contribution >= 4 is 35.5 Å². The van der Waals surface area contributed by atoms with Gasteiger partial charge in [-0.25, -0.2) is 4.79 Å². The summed E-state index contributed by atoms with van der Waals surface area (Å²) in [5.41, 5.74) is 0. The predicted octanol–water partition coefficient (Wildman–Crippen LogP) is 4.60. The SMILES string of the molecule is CCC(=O)CCC(NC(=O)CCCCCCCCCCCCCCCCC(=O)O)C(=O)NC(CC(=O)O)C(=O)O. The average molecular weight is 571 g/mol. The molecule has 40 heavy (non-hydrogen) atoms. The molecular weight excluding hydrogens is 520 g/mol. The largest absolute Gasteiger partial charge is 0.481 e. The molecule has 0 aliphatic carbocycles. The molecule has 0 saturated carbocycles. The number of carbonyl (C=O) groups excluding carboxylic acids is 3. The molecule has 0 rings (SSSR count). The molecule has 2 atom stereocenters. The molecule has 11 nitrogen and oxygen atoms in total. The number of ketones is 1. The van der Waals surface area contributed by atoms with E-state index in [0.29, 0.717) is 6.42 Å². The van der Waals surface area contributed by atoms with Gasteiger partial charge in [0.25, 0.3) is 0 Å². The molecular formula is C29H50N2O9. The van der Waals surface area contributed by atoms with E-state index in [-0.39, 0.29) is 43.8 Å². The van der Waals surface area contributed by atoms with Gasteiger partial charge in [-0.15, -0.1) is 0 Å². The van der Waals surface area contributed by atoms with Crippen LogP contribution in [0, 0.1) is 0 Å². The second-order valence-electron chi connectivity index (χ2n) is 10.4. The minimum Gasteiger partial charge on any atom is -0.481 e. The van der Waals surface area contributed by atoms with Crippen LogP contribution in [0.25, 0.3) is 0 Å². The van der Waals surface area contributed by atoms with E-state index in [0.717, 1.165) is 44.9 Å². The van der Waals surface area contributed by atoms with E-state index >= 15 is 0 Å². The fourth-order valence-corrected chi connectivity index (χ4v) is 4.35. The quantitative estimate of drug-likeness (QED) is 0.0879. The highest BCUT2D eigenvalue weighted by atomic mass is 16.4. The lowest BCUT2D eigenvalue weighted by molar-refractivity contribution is -0.147. The number of carbonyl (C=O) groups is 6. The fourth-order valence-electron chi connectivity index (χ4n) is 4.35. The first-order valence-corrected chi connectivity index (χ1v) is 14.8. The first-order chi connectivity index (χ1) is 19.1. The van der Waals surface area contributed by atoms with Crippen molar-refractivity contribution in [2.24, 2.45) is 0 Å². The summed E-state index contributed by atoms with van der Waals surface area (Å²) in [7, 11) is 0. The number of hydrogen-bond acceptors (Lipinski definition) is 6. The van der Waals surface area contributed by atoms with Crippen LogP contribution >= 0.6 is 0 Å². The van der Waals surface area contributed by atoms with Crippen molar-refractivity contribution < 1.29 is 44.1 Å². The van der Waals surface area contributed by atoms with E-state index in [1.165, 1.54) is 38.5 Å². The molecule has 0 aliphatic rings. The van der Waals surface area contributed by atoms with Crippen LogP contribution in [0.1, 0.15) is 135 Å². The summed E-state index contributed by atoms with van der Waals surface area (Å²) in [6.07, 6.45) is 14.9. The molecule has 2 amide bonds. The number of hydrogen-bond donors (Lipinski definition) is 5. The Balaban J connectivity index is 4.12. The number of aliphatic carboxylic acids is 3. The number of rotatable bonds is 27. The second kappa shape index (κ2) is 23.9. The summed E-state index contributed by atoms with van der Waals surface area (Å²) >= 11 is 0. The molecule has 0 saturated heterocycles. The number of nitrogens with one attached hydrogen (secondary N) is 2. The van der Waals surface area contributed by atoms with Crippen LogP contribution in [0.3, 0.4) is 0 Å². The molecule has 0 heterocycles. The number of carboxylic acids is 3. The molecule has 0 aliphatic heterocycles. The molecule has 0 spiro atoms. The molecule has 230 valence electrons. The maximum atomic E-state index is 12.6. The third-order valence-corrected chi connectivity index (χ3v) is 6.80. The van der Waals surface area contributed by atoms with Crippen LogP contribution in [0.5, 0.6) is 0 Å². The van der Waals surface area contributed by atoms with Crippen molar-refractivity contribution in [2.75, 3.05) is 0 Å². The Hall–Kier alpha value is -2.98. The topological polar surface area (TPSA) is 187 Å². The Labute approximate surface area is 237 Å². The maximum absolute atomic E-state index is 12.6. The van der Waals surface area contributed by atoms with E-state index in [1.54, 1.807) is 6.92 Å². The summed E-state index contributed by atoms with van der Waals surface area (Å²) < 4.78 is 0. The number of amides is 2. The lowest BCUT2D eigenvalue weighted by atomic mass is 10.0. The van der Waals surface area contributed by atoms with Gasteiger partial charge in [0.2, 0.25) is 11.8 Å². The van der Waals surface area contributed by atoms with Gasteiger partial charge in [0.05, 0.1) is 6.42 Å². The Morgan fingerprint density at radius 3 is 1.40 bits per heavy atom. The summed E-state index contributed by atoms with van der Waals surface area (Å²) in [5, 5.41) is 31.4. The Morgan fingerprint density at radius 1 is 0.550 bits per heavy atom. The monoisotopic (exact) mass is 570 g/mol. The number of unbranched alkanes of at least 4 members (excludes halogenated alkanes) is 13. The van der Waals surface area contributed by atoms with Gasteiger partial charge in [0.15, 0.2) is 0 Å². The molecule has 0 radical (unpaired) electrons. The van der Waals surface area contributed by atoms with Gasteiger partial charge in [0, 0.05) is 25.7 Å². The zero-order valence-corrected chi connectivity index (χ0v) is 24.1. The minimum absolute atomic E-state index is 0.0104. The zero-order chi connectivity index (χ0) is 30.2. The summed E-state index contributed by atoms with van der Waals surface area (Å²) in [4.78, 5) is 69.4. The van der Waals surface area contributed by atoms with Gasteiger partial charge >= 0.3 is 17.9 Å². The van der Waals surface area contributed by atoms with Crippen LogP contribution in [-0.2, 0) is 28.8 Å². The third-order valence-electron chi connectivity index (χ3n) is 6.80. The van der Waals surface area contributed by atoms with Crippen LogP contribution in [0.2, 0.25) is 0 Å². The van der Waals surface area contributed by atoms with Gasteiger partial charge in [-0.3, -0.25) is 24.0 Å². The summed E-state index contributed by atoms with van der Waals surface area (Å²) in [6.45, 7) is 1.68. The minimum atomic E-state index is -1.63. The van der Waals surface area contributed by atoms with Gasteiger partial charge < -0.3 is 26.0 Å². The number of Topliss-reactive ketones (excluding diaryl/α,β-unsaturated/α-hetero) is 1. The normalized spacial score (nSPS) is 12.3. The van der Waals surface area contributed by atoms with Crippen molar-refractivity contribution in [3.8, 4) is 0 Å². The van der Waals surface area contributed by atoms with Crippen molar-refractivity contribution in [1.82, 2.24) is 10.6 Å².